The Morgan fingerprint density at radius 3 is 2.35 bits per heavy atom. The van der Waals surface area contributed by atoms with E-state index in [0.717, 1.165) is 4.90 Å². The number of ether oxygens (including phenoxy) is 1. The minimum atomic E-state index is -5.19. The van der Waals surface area contributed by atoms with Gasteiger partial charge in [-0.2, -0.15) is 18.4 Å². The van der Waals surface area contributed by atoms with Crippen molar-refractivity contribution in [2.45, 2.75) is 70.4 Å². The number of amides is 4. The highest BCUT2D eigenvalue weighted by Gasteiger charge is 2.49. The van der Waals surface area contributed by atoms with Crippen LogP contribution >= 0.6 is 0 Å². The van der Waals surface area contributed by atoms with Gasteiger partial charge < -0.3 is 25.6 Å². The number of carbonyl (C=O) groups is 4. The highest BCUT2D eigenvalue weighted by Crippen LogP contribution is 2.28. The largest absolute Gasteiger partial charge is 0.471 e. The van der Waals surface area contributed by atoms with Gasteiger partial charge in [-0.15, -0.1) is 0 Å². The molecule has 34 heavy (non-hydrogen) atoms. The summed E-state index contributed by atoms with van der Waals surface area (Å²) in [6.45, 7) is 4.95. The van der Waals surface area contributed by atoms with Gasteiger partial charge >= 0.3 is 12.1 Å². The van der Waals surface area contributed by atoms with Crippen molar-refractivity contribution in [3.63, 3.8) is 0 Å². The van der Waals surface area contributed by atoms with Gasteiger partial charge in [0.25, 0.3) is 0 Å². The first-order chi connectivity index (χ1) is 15.7. The zero-order valence-corrected chi connectivity index (χ0v) is 19.5. The molecule has 13 heteroatoms. The first-order valence-electron chi connectivity index (χ1n) is 10.9. The normalized spacial score (nSPS) is 24.7. The quantitative estimate of drug-likeness (QED) is 0.468. The van der Waals surface area contributed by atoms with Gasteiger partial charge in [-0.25, -0.2) is 0 Å². The Labute approximate surface area is 195 Å². The molecule has 0 unspecified atom stereocenters. The minimum absolute atomic E-state index is 0.00610. The minimum Gasteiger partial charge on any atom is -0.379 e. The van der Waals surface area contributed by atoms with Gasteiger partial charge in [-0.05, 0) is 24.7 Å². The van der Waals surface area contributed by atoms with Crippen LogP contribution in [-0.2, 0) is 23.9 Å². The number of alkyl halides is 3. The third-order valence-corrected chi connectivity index (χ3v) is 6.00. The topological polar surface area (TPSA) is 141 Å². The summed E-state index contributed by atoms with van der Waals surface area (Å²) < 4.78 is 43.9. The van der Waals surface area contributed by atoms with Crippen molar-refractivity contribution in [2.24, 2.45) is 11.3 Å². The van der Waals surface area contributed by atoms with Crippen LogP contribution in [-0.4, -0.2) is 79.1 Å². The van der Waals surface area contributed by atoms with Crippen LogP contribution in [0.5, 0.6) is 0 Å². The predicted octanol–water partition coefficient (Wildman–Crippen LogP) is 0.230. The predicted molar refractivity (Wildman–Crippen MR) is 112 cm³/mol. The van der Waals surface area contributed by atoms with Crippen molar-refractivity contribution >= 4 is 23.6 Å². The first kappa shape index (κ1) is 27.4. The highest BCUT2D eigenvalue weighted by atomic mass is 19.4. The maximum absolute atomic E-state index is 13.3. The van der Waals surface area contributed by atoms with Crippen molar-refractivity contribution in [1.82, 2.24) is 20.9 Å². The number of hydrogen-bond donors (Lipinski definition) is 3. The van der Waals surface area contributed by atoms with Crippen molar-refractivity contribution in [3.05, 3.63) is 0 Å². The van der Waals surface area contributed by atoms with E-state index in [1.54, 1.807) is 5.32 Å². The van der Waals surface area contributed by atoms with Gasteiger partial charge in [0.1, 0.15) is 18.1 Å². The Morgan fingerprint density at radius 1 is 1.24 bits per heavy atom. The van der Waals surface area contributed by atoms with Crippen LogP contribution in [0.3, 0.4) is 0 Å². The fourth-order valence-corrected chi connectivity index (χ4v) is 4.15. The lowest BCUT2D eigenvalue weighted by atomic mass is 9.85. The lowest BCUT2D eigenvalue weighted by Gasteiger charge is -2.36. The van der Waals surface area contributed by atoms with E-state index in [1.807, 2.05) is 6.07 Å². The van der Waals surface area contributed by atoms with E-state index >= 15 is 0 Å². The van der Waals surface area contributed by atoms with E-state index in [2.05, 4.69) is 10.6 Å². The zero-order chi connectivity index (χ0) is 25.8. The van der Waals surface area contributed by atoms with Crippen LogP contribution in [0.2, 0.25) is 0 Å². The highest BCUT2D eigenvalue weighted by molar-refractivity contribution is 5.94. The number of likely N-dealkylation sites (tertiary alicyclic amines) is 1. The second kappa shape index (κ2) is 10.6. The molecule has 2 heterocycles. The SMILES string of the molecule is CO[C@@H]1CCN(C(=O)[C@@H](NC(=O)C(F)(F)F)C(C)(C)C)[C@H]1C(=O)N[C@H](C#N)C[C@@H]1CCNC1=O. The van der Waals surface area contributed by atoms with Crippen LogP contribution in [0.4, 0.5) is 13.2 Å². The molecule has 2 fully saturated rings. The third-order valence-electron chi connectivity index (χ3n) is 6.00. The van der Waals surface area contributed by atoms with Gasteiger partial charge in [0.05, 0.1) is 12.2 Å². The van der Waals surface area contributed by atoms with Gasteiger partial charge in [0.2, 0.25) is 17.7 Å². The van der Waals surface area contributed by atoms with Crippen molar-refractivity contribution in [3.8, 4) is 6.07 Å². The molecule has 2 aliphatic heterocycles. The Balaban J connectivity index is 2.23. The molecule has 3 N–H and O–H groups in total. The summed E-state index contributed by atoms with van der Waals surface area (Å²) in [4.78, 5) is 50.9. The summed E-state index contributed by atoms with van der Waals surface area (Å²) in [6.07, 6.45) is -5.12. The van der Waals surface area contributed by atoms with Crippen molar-refractivity contribution in [2.75, 3.05) is 20.2 Å². The van der Waals surface area contributed by atoms with Crippen LogP contribution in [0.25, 0.3) is 0 Å². The second-order valence-corrected chi connectivity index (χ2v) is 9.51. The molecule has 0 bridgehead atoms. The summed E-state index contributed by atoms with van der Waals surface area (Å²) in [5.41, 5.74) is -1.10. The van der Waals surface area contributed by atoms with E-state index in [1.165, 1.54) is 27.9 Å². The average Bonchev–Trinajstić information content (AvgIpc) is 3.35. The number of nitrogens with zero attached hydrogens (tertiary/aromatic N) is 2. The summed E-state index contributed by atoms with van der Waals surface area (Å²) in [6, 6.07) is -1.87. The standard InChI is InChI=1S/C21H30F3N5O5/c1-20(2,3)15(28-19(33)21(22,23)24)18(32)29-8-6-13(34-4)14(29)17(31)27-12(10-25)9-11-5-7-26-16(11)30/h11-15H,5-9H2,1-4H3,(H,26,30)(H,27,31)(H,28,33)/t11-,12-,13+,14+,15+/m0/s1. The molecule has 0 aromatic rings. The van der Waals surface area contributed by atoms with E-state index in [4.69, 9.17) is 4.74 Å². The molecule has 0 aliphatic carbocycles. The molecule has 2 saturated heterocycles. The molecular weight excluding hydrogens is 459 g/mol. The Morgan fingerprint density at radius 2 is 1.88 bits per heavy atom. The summed E-state index contributed by atoms with van der Waals surface area (Å²) in [5, 5.41) is 16.4. The molecule has 190 valence electrons. The van der Waals surface area contributed by atoms with E-state index < -0.39 is 59.5 Å². The third kappa shape index (κ3) is 6.37. The monoisotopic (exact) mass is 489 g/mol. The van der Waals surface area contributed by atoms with Crippen LogP contribution < -0.4 is 16.0 Å². The molecule has 2 aliphatic rings. The smallest absolute Gasteiger partial charge is 0.379 e. The van der Waals surface area contributed by atoms with Crippen LogP contribution in [0.1, 0.15) is 40.0 Å². The van der Waals surface area contributed by atoms with Crippen molar-refractivity contribution < 1.29 is 37.1 Å². The van der Waals surface area contributed by atoms with E-state index in [-0.39, 0.29) is 25.3 Å². The molecule has 10 nitrogen and oxygen atoms in total. The zero-order valence-electron chi connectivity index (χ0n) is 19.5. The maximum atomic E-state index is 13.3. The van der Waals surface area contributed by atoms with Crippen LogP contribution in [0, 0.1) is 22.7 Å². The number of methoxy groups -OCH3 is 1. The number of nitriles is 1. The second-order valence-electron chi connectivity index (χ2n) is 9.51. The maximum Gasteiger partial charge on any atom is 0.471 e. The number of hydrogen-bond acceptors (Lipinski definition) is 6. The Hall–Kier alpha value is -2.88. The average molecular weight is 489 g/mol. The lowest BCUT2D eigenvalue weighted by Crippen LogP contribution is -2.61. The fourth-order valence-electron chi connectivity index (χ4n) is 4.15. The molecule has 0 aromatic heterocycles. The van der Waals surface area contributed by atoms with Crippen LogP contribution in [0.15, 0.2) is 0 Å². The van der Waals surface area contributed by atoms with Gasteiger partial charge in [-0.1, -0.05) is 20.8 Å². The van der Waals surface area contributed by atoms with E-state index in [9.17, 15) is 37.6 Å². The lowest BCUT2D eigenvalue weighted by molar-refractivity contribution is -0.176. The molecule has 2 rings (SSSR count). The molecule has 0 spiro atoms. The summed E-state index contributed by atoms with van der Waals surface area (Å²) in [7, 11) is 1.33. The molecule has 4 amide bonds. The molecule has 5 atom stereocenters. The summed E-state index contributed by atoms with van der Waals surface area (Å²) >= 11 is 0. The van der Waals surface area contributed by atoms with Gasteiger partial charge in [0, 0.05) is 26.1 Å². The van der Waals surface area contributed by atoms with E-state index in [0.29, 0.717) is 13.0 Å². The first-order valence-corrected chi connectivity index (χ1v) is 10.9. The Kier molecular flexibility index (Phi) is 8.52. The number of carbonyl (C=O) groups excluding carboxylic acids is 4. The molecular formula is C21H30F3N5O5. The van der Waals surface area contributed by atoms with Gasteiger partial charge in [0.15, 0.2) is 0 Å². The fraction of sp³-hybridized carbons (Fsp3) is 0.762. The van der Waals surface area contributed by atoms with Gasteiger partial charge in [-0.3, -0.25) is 19.2 Å². The summed E-state index contributed by atoms with van der Waals surface area (Å²) in [5.74, 6) is -4.50. The number of halogens is 3. The molecule has 0 radical (unpaired) electrons. The van der Waals surface area contributed by atoms with Crippen molar-refractivity contribution in [1.29, 1.82) is 5.26 Å². The number of rotatable bonds is 7. The molecule has 0 saturated carbocycles. The molecule has 0 aromatic carbocycles. The number of nitrogens with one attached hydrogen (secondary N) is 3. The Bertz CT molecular complexity index is 851.